The maximum absolute atomic E-state index is 11.6. The number of anilines is 1. The Bertz CT molecular complexity index is 547. The van der Waals surface area contributed by atoms with Crippen LogP contribution < -0.4 is 5.32 Å². The van der Waals surface area contributed by atoms with Gasteiger partial charge >= 0.3 is 0 Å². The van der Waals surface area contributed by atoms with E-state index in [2.05, 4.69) is 26.2 Å². The molecule has 0 spiro atoms. The molecule has 1 N–H and O–H groups in total. The smallest absolute Gasteiger partial charge is 0.242 e. The highest BCUT2D eigenvalue weighted by Gasteiger charge is 2.23. The van der Waals surface area contributed by atoms with E-state index in [4.69, 9.17) is 11.6 Å². The Hall–Kier alpha value is -0.660. The second-order valence-corrected chi connectivity index (χ2v) is 7.04. The molecule has 0 fully saturated rings. The van der Waals surface area contributed by atoms with Gasteiger partial charge in [-0.2, -0.15) is 0 Å². The quantitative estimate of drug-likeness (QED) is 0.852. The van der Waals surface area contributed by atoms with Crippen LogP contribution in [-0.2, 0) is 14.6 Å². The fourth-order valence-corrected chi connectivity index (χ4v) is 1.83. The van der Waals surface area contributed by atoms with Gasteiger partial charge in [0.05, 0.1) is 16.4 Å². The fraction of sp³-hybridized carbons (Fsp3) is 0.333. The summed E-state index contributed by atoms with van der Waals surface area (Å²) in [6.07, 6.45) is 2.35. The molecule has 8 heteroatoms. The normalized spacial score (nSPS) is 13.2. The van der Waals surface area contributed by atoms with Crippen molar-refractivity contribution in [3.63, 3.8) is 0 Å². The molecule has 1 heterocycles. The van der Waals surface area contributed by atoms with E-state index >= 15 is 0 Å². The molecule has 1 aromatic rings. The highest BCUT2D eigenvalue weighted by atomic mass is 79.9. The summed E-state index contributed by atoms with van der Waals surface area (Å²) in [7, 11) is -3.41. The van der Waals surface area contributed by atoms with Gasteiger partial charge < -0.3 is 5.32 Å². The lowest BCUT2D eigenvalue weighted by Crippen LogP contribution is -2.31. The molecule has 0 radical (unpaired) electrons. The van der Waals surface area contributed by atoms with Crippen LogP contribution in [0.2, 0.25) is 5.15 Å². The van der Waals surface area contributed by atoms with Crippen molar-refractivity contribution in [2.45, 2.75) is 12.2 Å². The Labute approximate surface area is 113 Å². The SMILES string of the molecule is CC(C(=O)Nc1cnc(Cl)c(Br)c1)S(C)(=O)=O. The summed E-state index contributed by atoms with van der Waals surface area (Å²) in [6.45, 7) is 1.32. The van der Waals surface area contributed by atoms with Crippen LogP contribution in [0.15, 0.2) is 16.7 Å². The van der Waals surface area contributed by atoms with Crippen molar-refractivity contribution in [2.75, 3.05) is 11.6 Å². The first-order chi connectivity index (χ1) is 7.71. The number of nitrogens with zero attached hydrogens (tertiary/aromatic N) is 1. The number of hydrogen-bond acceptors (Lipinski definition) is 4. The lowest BCUT2D eigenvalue weighted by atomic mass is 10.4. The van der Waals surface area contributed by atoms with Crippen molar-refractivity contribution in [3.8, 4) is 0 Å². The number of halogens is 2. The zero-order valence-corrected chi connectivity index (χ0v) is 12.2. The molecule has 1 amide bonds. The number of nitrogens with one attached hydrogen (secondary N) is 1. The van der Waals surface area contributed by atoms with Crippen LogP contribution in [0.5, 0.6) is 0 Å². The molecule has 94 valence electrons. The van der Waals surface area contributed by atoms with Crippen LogP contribution in [0.4, 0.5) is 5.69 Å². The number of hydrogen-bond donors (Lipinski definition) is 1. The van der Waals surface area contributed by atoms with E-state index in [-0.39, 0.29) is 5.15 Å². The first-order valence-corrected chi connectivity index (χ1v) is 7.65. The molecule has 0 saturated heterocycles. The number of amides is 1. The number of carbonyl (C=O) groups is 1. The maximum atomic E-state index is 11.6. The molecule has 1 aromatic heterocycles. The topological polar surface area (TPSA) is 76.1 Å². The summed E-state index contributed by atoms with van der Waals surface area (Å²) in [6, 6.07) is 1.54. The van der Waals surface area contributed by atoms with Crippen molar-refractivity contribution in [2.24, 2.45) is 0 Å². The second-order valence-electron chi connectivity index (χ2n) is 3.46. The average molecular weight is 342 g/mol. The molecule has 1 unspecified atom stereocenters. The van der Waals surface area contributed by atoms with E-state index in [9.17, 15) is 13.2 Å². The Morgan fingerprint density at radius 1 is 1.59 bits per heavy atom. The third-order valence-electron chi connectivity index (χ3n) is 2.08. The molecule has 1 rings (SSSR count). The first-order valence-electron chi connectivity index (χ1n) is 4.52. The summed E-state index contributed by atoms with van der Waals surface area (Å²) in [5.74, 6) is -0.608. The monoisotopic (exact) mass is 340 g/mol. The second kappa shape index (κ2) is 5.32. The molecule has 0 bridgehead atoms. The van der Waals surface area contributed by atoms with Gasteiger partial charge in [-0.3, -0.25) is 4.79 Å². The Kier molecular flexibility index (Phi) is 4.51. The molecule has 0 aliphatic heterocycles. The van der Waals surface area contributed by atoms with Gasteiger partial charge in [-0.15, -0.1) is 0 Å². The van der Waals surface area contributed by atoms with E-state index in [1.54, 1.807) is 6.07 Å². The third kappa shape index (κ3) is 3.93. The van der Waals surface area contributed by atoms with Gasteiger partial charge in [0.2, 0.25) is 5.91 Å². The minimum Gasteiger partial charge on any atom is -0.324 e. The number of carbonyl (C=O) groups excluding carboxylic acids is 1. The van der Waals surface area contributed by atoms with Crippen LogP contribution >= 0.6 is 27.5 Å². The summed E-state index contributed by atoms with van der Waals surface area (Å²) in [4.78, 5) is 15.4. The van der Waals surface area contributed by atoms with Crippen LogP contribution in [0.25, 0.3) is 0 Å². The molecule has 0 saturated carbocycles. The molecule has 1 atom stereocenters. The molecule has 0 aliphatic rings. The summed E-state index contributed by atoms with van der Waals surface area (Å²) in [5, 5.41) is 1.60. The predicted molar refractivity (Wildman–Crippen MR) is 69.9 cm³/mol. The van der Waals surface area contributed by atoms with Crippen LogP contribution in [0.1, 0.15) is 6.92 Å². The molecular formula is C9H10BrClN2O3S. The molecule has 17 heavy (non-hydrogen) atoms. The van der Waals surface area contributed by atoms with E-state index in [1.807, 2.05) is 0 Å². The zero-order chi connectivity index (χ0) is 13.2. The van der Waals surface area contributed by atoms with Crippen LogP contribution in [-0.4, -0.2) is 30.8 Å². The van der Waals surface area contributed by atoms with Gasteiger partial charge in [0, 0.05) is 6.26 Å². The van der Waals surface area contributed by atoms with E-state index in [1.165, 1.54) is 13.1 Å². The Morgan fingerprint density at radius 2 is 2.18 bits per heavy atom. The summed E-state index contributed by atoms with van der Waals surface area (Å²) >= 11 is 8.83. The highest BCUT2D eigenvalue weighted by molar-refractivity contribution is 9.10. The number of sulfone groups is 1. The molecular weight excluding hydrogens is 332 g/mol. The van der Waals surface area contributed by atoms with Gasteiger partial charge in [-0.05, 0) is 28.9 Å². The number of rotatable bonds is 3. The lowest BCUT2D eigenvalue weighted by molar-refractivity contribution is -0.115. The van der Waals surface area contributed by atoms with Gasteiger partial charge in [-0.1, -0.05) is 11.6 Å². The highest BCUT2D eigenvalue weighted by Crippen LogP contribution is 2.23. The lowest BCUT2D eigenvalue weighted by Gasteiger charge is -2.10. The minimum absolute atomic E-state index is 0.263. The van der Waals surface area contributed by atoms with Crippen molar-refractivity contribution >= 4 is 49.0 Å². The van der Waals surface area contributed by atoms with Crippen molar-refractivity contribution in [3.05, 3.63) is 21.9 Å². The molecule has 0 aromatic carbocycles. The van der Waals surface area contributed by atoms with Crippen LogP contribution in [0.3, 0.4) is 0 Å². The number of aromatic nitrogens is 1. The average Bonchev–Trinajstić information content (AvgIpc) is 2.21. The van der Waals surface area contributed by atoms with E-state index in [0.29, 0.717) is 10.2 Å². The number of pyridine rings is 1. The van der Waals surface area contributed by atoms with E-state index in [0.717, 1.165) is 6.26 Å². The molecule has 0 aliphatic carbocycles. The van der Waals surface area contributed by atoms with E-state index < -0.39 is 21.0 Å². The van der Waals surface area contributed by atoms with Crippen molar-refractivity contribution in [1.82, 2.24) is 4.98 Å². The van der Waals surface area contributed by atoms with Gasteiger partial charge in [0.15, 0.2) is 9.84 Å². The van der Waals surface area contributed by atoms with Gasteiger partial charge in [0.1, 0.15) is 10.4 Å². The fourth-order valence-electron chi connectivity index (χ4n) is 0.928. The zero-order valence-electron chi connectivity index (χ0n) is 9.07. The predicted octanol–water partition coefficient (Wildman–Crippen LogP) is 1.87. The Morgan fingerprint density at radius 3 is 2.65 bits per heavy atom. The van der Waals surface area contributed by atoms with Crippen molar-refractivity contribution < 1.29 is 13.2 Å². The standard InChI is InChI=1S/C9H10BrClN2O3S/c1-5(17(2,15)16)9(14)13-6-3-7(10)8(11)12-4-6/h3-5H,1-2H3,(H,13,14). The largest absolute Gasteiger partial charge is 0.324 e. The van der Waals surface area contributed by atoms with Crippen LogP contribution in [0, 0.1) is 0 Å². The van der Waals surface area contributed by atoms with Crippen molar-refractivity contribution in [1.29, 1.82) is 0 Å². The molecule has 5 nitrogen and oxygen atoms in total. The van der Waals surface area contributed by atoms with Gasteiger partial charge in [0.25, 0.3) is 0 Å². The first kappa shape index (κ1) is 14.4. The van der Waals surface area contributed by atoms with Gasteiger partial charge in [-0.25, -0.2) is 13.4 Å². The maximum Gasteiger partial charge on any atom is 0.242 e. The Balaban J connectivity index is 2.85. The summed E-state index contributed by atoms with van der Waals surface area (Å²) in [5.41, 5.74) is 0.377. The minimum atomic E-state index is -3.41. The third-order valence-corrected chi connectivity index (χ3v) is 4.71. The summed E-state index contributed by atoms with van der Waals surface area (Å²) < 4.78 is 22.9.